The van der Waals surface area contributed by atoms with Crippen molar-refractivity contribution in [3.63, 3.8) is 0 Å². The number of rotatable bonds is 8. The van der Waals surface area contributed by atoms with Crippen LogP contribution >= 0.6 is 11.8 Å². The number of carbonyl (C=O) groups excluding carboxylic acids is 2. The fraction of sp³-hybridized carbons (Fsp3) is 0.667. The molecule has 2 aliphatic carbocycles. The minimum absolute atomic E-state index is 0.0375. The number of carbonyl (C=O) groups is 2. The maximum Gasteiger partial charge on any atom is 0.309 e. The molecule has 128 valence electrons. The lowest BCUT2D eigenvalue weighted by Gasteiger charge is -2.17. The van der Waals surface area contributed by atoms with E-state index < -0.39 is 0 Å². The summed E-state index contributed by atoms with van der Waals surface area (Å²) in [6, 6.07) is 0. The van der Waals surface area contributed by atoms with Gasteiger partial charge >= 0.3 is 11.9 Å². The van der Waals surface area contributed by atoms with Crippen molar-refractivity contribution in [1.29, 1.82) is 0 Å². The molecule has 0 saturated carbocycles. The van der Waals surface area contributed by atoms with E-state index in [1.165, 1.54) is 0 Å². The van der Waals surface area contributed by atoms with E-state index in [4.69, 9.17) is 9.47 Å². The second-order valence-electron chi connectivity index (χ2n) is 5.91. The molecule has 0 amide bonds. The maximum absolute atomic E-state index is 11.8. The highest BCUT2D eigenvalue weighted by Gasteiger charge is 2.20. The molecule has 0 unspecified atom stereocenters. The number of hydrogen-bond acceptors (Lipinski definition) is 5. The van der Waals surface area contributed by atoms with Crippen molar-refractivity contribution in [2.24, 2.45) is 11.8 Å². The van der Waals surface area contributed by atoms with Gasteiger partial charge in [-0.2, -0.15) is 11.8 Å². The van der Waals surface area contributed by atoms with Crippen LogP contribution < -0.4 is 0 Å². The van der Waals surface area contributed by atoms with Crippen LogP contribution in [0.2, 0.25) is 0 Å². The second-order valence-corrected chi connectivity index (χ2v) is 7.13. The average Bonchev–Trinajstić information content (AvgIpc) is 2.62. The summed E-state index contributed by atoms with van der Waals surface area (Å²) in [5.41, 5.74) is 0. The molecule has 0 saturated heterocycles. The van der Waals surface area contributed by atoms with E-state index in [1.807, 2.05) is 0 Å². The van der Waals surface area contributed by atoms with E-state index in [2.05, 4.69) is 24.3 Å². The predicted molar refractivity (Wildman–Crippen MR) is 92.2 cm³/mol. The molecular weight excluding hydrogens is 312 g/mol. The number of allylic oxidation sites excluding steroid dienone is 4. The zero-order chi connectivity index (χ0) is 16.3. The monoisotopic (exact) mass is 338 g/mol. The van der Waals surface area contributed by atoms with Gasteiger partial charge in [-0.15, -0.1) is 0 Å². The summed E-state index contributed by atoms with van der Waals surface area (Å²) in [7, 11) is 0. The summed E-state index contributed by atoms with van der Waals surface area (Å²) >= 11 is 1.65. The maximum atomic E-state index is 11.8. The number of ether oxygens (including phenoxy) is 2. The second kappa shape index (κ2) is 10.5. The minimum atomic E-state index is -0.0771. The quantitative estimate of drug-likeness (QED) is 0.385. The van der Waals surface area contributed by atoms with Gasteiger partial charge in [-0.25, -0.2) is 0 Å². The van der Waals surface area contributed by atoms with Crippen molar-refractivity contribution in [2.45, 2.75) is 38.5 Å². The predicted octanol–water partition coefficient (Wildman–Crippen LogP) is 3.52. The topological polar surface area (TPSA) is 52.6 Å². The van der Waals surface area contributed by atoms with Crippen molar-refractivity contribution >= 4 is 23.7 Å². The van der Waals surface area contributed by atoms with E-state index in [9.17, 15) is 9.59 Å². The molecule has 0 aromatic heterocycles. The SMILES string of the molecule is O=C(OCCSCCOC(=O)[C@H]1CC=CCC1)[C@@H]1CC=CCC1. The molecule has 2 rings (SSSR count). The fourth-order valence-corrected chi connectivity index (χ4v) is 3.36. The Balaban J connectivity index is 1.44. The Morgan fingerprint density at radius 3 is 1.70 bits per heavy atom. The van der Waals surface area contributed by atoms with Crippen molar-refractivity contribution in [3.05, 3.63) is 24.3 Å². The molecule has 0 radical (unpaired) electrons. The largest absolute Gasteiger partial charge is 0.465 e. The molecule has 0 N–H and O–H groups in total. The Morgan fingerprint density at radius 1 is 0.826 bits per heavy atom. The van der Waals surface area contributed by atoms with Crippen LogP contribution in [0.5, 0.6) is 0 Å². The first-order chi connectivity index (χ1) is 11.3. The van der Waals surface area contributed by atoms with E-state index in [1.54, 1.807) is 11.8 Å². The van der Waals surface area contributed by atoms with Gasteiger partial charge in [-0.3, -0.25) is 9.59 Å². The molecule has 2 atom stereocenters. The normalized spacial score (nSPS) is 23.5. The van der Waals surface area contributed by atoms with Crippen LogP contribution in [0, 0.1) is 11.8 Å². The summed E-state index contributed by atoms with van der Waals surface area (Å²) in [5, 5.41) is 0. The van der Waals surface area contributed by atoms with Gasteiger partial charge in [0.15, 0.2) is 0 Å². The summed E-state index contributed by atoms with van der Waals surface area (Å²) in [4.78, 5) is 23.6. The van der Waals surface area contributed by atoms with Gasteiger partial charge in [-0.05, 0) is 38.5 Å². The number of esters is 2. The van der Waals surface area contributed by atoms with Gasteiger partial charge in [0.25, 0.3) is 0 Å². The van der Waals surface area contributed by atoms with Crippen LogP contribution in [-0.4, -0.2) is 36.7 Å². The van der Waals surface area contributed by atoms with Crippen LogP contribution in [0.25, 0.3) is 0 Å². The van der Waals surface area contributed by atoms with Gasteiger partial charge in [0.05, 0.1) is 11.8 Å². The smallest absolute Gasteiger partial charge is 0.309 e. The summed E-state index contributed by atoms with van der Waals surface area (Å²) < 4.78 is 10.6. The lowest BCUT2D eigenvalue weighted by Crippen LogP contribution is -2.20. The third-order valence-electron chi connectivity index (χ3n) is 4.15. The summed E-state index contributed by atoms with van der Waals surface area (Å²) in [6.07, 6.45) is 13.7. The molecule has 0 bridgehead atoms. The third-order valence-corrected chi connectivity index (χ3v) is 5.06. The van der Waals surface area contributed by atoms with E-state index in [-0.39, 0.29) is 23.8 Å². The van der Waals surface area contributed by atoms with E-state index in [0.717, 1.165) is 50.0 Å². The molecule has 0 heterocycles. The lowest BCUT2D eigenvalue weighted by molar-refractivity contribution is -0.148. The molecule has 0 aliphatic heterocycles. The van der Waals surface area contributed by atoms with Crippen molar-refractivity contribution in [2.75, 3.05) is 24.7 Å². The van der Waals surface area contributed by atoms with E-state index >= 15 is 0 Å². The molecule has 2 aliphatic rings. The van der Waals surface area contributed by atoms with Gasteiger partial charge in [0.1, 0.15) is 13.2 Å². The lowest BCUT2D eigenvalue weighted by atomic mass is 9.95. The Morgan fingerprint density at radius 2 is 1.30 bits per heavy atom. The van der Waals surface area contributed by atoms with Gasteiger partial charge in [-0.1, -0.05) is 24.3 Å². The zero-order valence-electron chi connectivity index (χ0n) is 13.6. The molecule has 5 heteroatoms. The number of hydrogen-bond donors (Lipinski definition) is 0. The Bertz CT molecular complexity index is 404. The van der Waals surface area contributed by atoms with Crippen LogP contribution in [0.4, 0.5) is 0 Å². The standard InChI is InChI=1S/C18H26O4S/c19-17(15-7-3-1-4-8-15)21-11-13-23-14-12-22-18(20)16-9-5-2-6-10-16/h1-3,5,15-16H,4,6-14H2/t15-,16+. The molecule has 0 fully saturated rings. The summed E-state index contributed by atoms with van der Waals surface area (Å²) in [6.45, 7) is 0.871. The molecule has 0 aromatic rings. The molecule has 0 aromatic carbocycles. The van der Waals surface area contributed by atoms with Crippen LogP contribution in [0.1, 0.15) is 38.5 Å². The van der Waals surface area contributed by atoms with Crippen LogP contribution in [0.3, 0.4) is 0 Å². The summed E-state index contributed by atoms with van der Waals surface area (Å²) in [5.74, 6) is 1.42. The Labute approximate surface area is 142 Å². The first-order valence-corrected chi connectivity index (χ1v) is 9.64. The van der Waals surface area contributed by atoms with Gasteiger partial charge < -0.3 is 9.47 Å². The molecule has 4 nitrogen and oxygen atoms in total. The van der Waals surface area contributed by atoms with Crippen molar-refractivity contribution < 1.29 is 19.1 Å². The Kier molecular flexibility index (Phi) is 8.29. The minimum Gasteiger partial charge on any atom is -0.465 e. The van der Waals surface area contributed by atoms with Crippen LogP contribution in [-0.2, 0) is 19.1 Å². The van der Waals surface area contributed by atoms with E-state index in [0.29, 0.717) is 13.2 Å². The van der Waals surface area contributed by atoms with Crippen LogP contribution in [0.15, 0.2) is 24.3 Å². The first-order valence-electron chi connectivity index (χ1n) is 8.48. The van der Waals surface area contributed by atoms with Crippen molar-refractivity contribution in [3.8, 4) is 0 Å². The molecular formula is C18H26O4S. The highest BCUT2D eigenvalue weighted by atomic mass is 32.2. The molecule has 0 spiro atoms. The average molecular weight is 338 g/mol. The Hall–Kier alpha value is -1.23. The van der Waals surface area contributed by atoms with Gasteiger partial charge in [0.2, 0.25) is 0 Å². The van der Waals surface area contributed by atoms with Gasteiger partial charge in [0, 0.05) is 11.5 Å². The number of thioether (sulfide) groups is 1. The third kappa shape index (κ3) is 6.81. The first kappa shape index (κ1) is 18.1. The highest BCUT2D eigenvalue weighted by Crippen LogP contribution is 2.20. The fourth-order valence-electron chi connectivity index (χ4n) is 2.76. The molecule has 23 heavy (non-hydrogen) atoms. The highest BCUT2D eigenvalue weighted by molar-refractivity contribution is 7.99. The zero-order valence-corrected chi connectivity index (χ0v) is 14.4. The van der Waals surface area contributed by atoms with Crippen molar-refractivity contribution in [1.82, 2.24) is 0 Å².